The van der Waals surface area contributed by atoms with Crippen LogP contribution in [0.15, 0.2) is 77.9 Å². The number of nitrogens with one attached hydrogen (secondary N) is 1. The molecule has 0 saturated carbocycles. The second kappa shape index (κ2) is 10.4. The van der Waals surface area contributed by atoms with Crippen LogP contribution in [0.4, 0.5) is 5.82 Å². The zero-order valence-electron chi connectivity index (χ0n) is 19.2. The average Bonchev–Trinajstić information content (AvgIpc) is 2.85. The normalized spacial score (nSPS) is 10.5. The fourth-order valence-corrected chi connectivity index (χ4v) is 3.79. The molecule has 0 bridgehead atoms. The molecule has 35 heavy (non-hydrogen) atoms. The molecule has 0 spiro atoms. The van der Waals surface area contributed by atoms with Crippen LogP contribution in [0.2, 0.25) is 0 Å². The van der Waals surface area contributed by atoms with Crippen LogP contribution in [0.5, 0.6) is 0 Å². The molecule has 1 aromatic carbocycles. The first-order valence-electron chi connectivity index (χ1n) is 11.1. The predicted octanol–water partition coefficient (Wildman–Crippen LogP) is 2.97. The Labute approximate surface area is 202 Å². The molecule has 4 rings (SSSR count). The molecule has 174 valence electrons. The van der Waals surface area contributed by atoms with Crippen LogP contribution >= 0.6 is 0 Å². The number of anilines is 1. The fourth-order valence-electron chi connectivity index (χ4n) is 3.79. The van der Waals surface area contributed by atoms with E-state index in [4.69, 9.17) is 5.73 Å². The van der Waals surface area contributed by atoms with E-state index in [0.717, 1.165) is 22.4 Å². The maximum Gasteiger partial charge on any atom is 0.251 e. The third-order valence-corrected chi connectivity index (χ3v) is 5.64. The molecule has 1 amide bonds. The highest BCUT2D eigenvalue weighted by atomic mass is 16.1. The summed E-state index contributed by atoms with van der Waals surface area (Å²) < 4.78 is 1.65. The number of aryl methyl sites for hydroxylation is 1. The molecule has 0 saturated heterocycles. The fraction of sp³-hybridized carbons (Fsp3) is 0.148. The minimum atomic E-state index is -0.266. The first-order chi connectivity index (χ1) is 16.9. The van der Waals surface area contributed by atoms with Crippen LogP contribution in [0.3, 0.4) is 0 Å². The summed E-state index contributed by atoms with van der Waals surface area (Å²) in [4.78, 5) is 33.1. The largest absolute Gasteiger partial charge is 0.384 e. The number of carbonyl (C=O) groups is 1. The standard InChI is InChI=1S/C27H24N6O2/c1-18-12-25(29)32-24(15-28)23(18)16-31-27(35)21-9-10-30-22(14-21)13-19-5-7-20(8-6-19)17-33-11-3-2-4-26(33)34/h2-12,14H,13,16-17H2,1H3,(H2,29,32)(H,31,35). The van der Waals surface area contributed by atoms with Gasteiger partial charge in [0, 0.05) is 48.2 Å². The Morgan fingerprint density at radius 2 is 1.89 bits per heavy atom. The van der Waals surface area contributed by atoms with E-state index in [1.165, 1.54) is 0 Å². The second-order valence-electron chi connectivity index (χ2n) is 8.18. The van der Waals surface area contributed by atoms with Crippen LogP contribution in [0.1, 0.15) is 44.0 Å². The van der Waals surface area contributed by atoms with Gasteiger partial charge in [-0.15, -0.1) is 0 Å². The van der Waals surface area contributed by atoms with E-state index in [9.17, 15) is 14.9 Å². The lowest BCUT2D eigenvalue weighted by Gasteiger charge is -2.11. The SMILES string of the molecule is Cc1cc(N)nc(C#N)c1CNC(=O)c1ccnc(Cc2ccc(Cn3ccccc3=O)cc2)c1. The van der Waals surface area contributed by atoms with Gasteiger partial charge < -0.3 is 15.6 Å². The number of nitrogens with zero attached hydrogens (tertiary/aromatic N) is 4. The topological polar surface area (TPSA) is 127 Å². The van der Waals surface area contributed by atoms with Crippen molar-refractivity contribution in [3.05, 3.63) is 123 Å². The van der Waals surface area contributed by atoms with Crippen LogP contribution in [0, 0.1) is 18.3 Å². The molecular weight excluding hydrogens is 440 g/mol. The molecule has 0 aliphatic heterocycles. The number of nitrogen functional groups attached to an aromatic ring is 1. The molecule has 4 aromatic rings. The van der Waals surface area contributed by atoms with Gasteiger partial charge in [0.15, 0.2) is 0 Å². The Balaban J connectivity index is 1.41. The molecule has 0 aliphatic rings. The van der Waals surface area contributed by atoms with Gasteiger partial charge in [0.2, 0.25) is 0 Å². The van der Waals surface area contributed by atoms with Crippen molar-refractivity contribution in [3.8, 4) is 6.07 Å². The Hall–Kier alpha value is -4.77. The van der Waals surface area contributed by atoms with E-state index in [0.29, 0.717) is 24.1 Å². The quantitative estimate of drug-likeness (QED) is 0.433. The highest BCUT2D eigenvalue weighted by Gasteiger charge is 2.12. The molecule has 0 unspecified atom stereocenters. The van der Waals surface area contributed by atoms with Gasteiger partial charge in [-0.1, -0.05) is 30.3 Å². The maximum atomic E-state index is 12.8. The van der Waals surface area contributed by atoms with Crippen molar-refractivity contribution in [2.45, 2.75) is 26.4 Å². The molecule has 0 atom stereocenters. The van der Waals surface area contributed by atoms with Gasteiger partial charge in [0.1, 0.15) is 17.6 Å². The van der Waals surface area contributed by atoms with Crippen LogP contribution in [-0.2, 0) is 19.5 Å². The minimum Gasteiger partial charge on any atom is -0.384 e. The van der Waals surface area contributed by atoms with Crippen molar-refractivity contribution in [2.24, 2.45) is 0 Å². The summed E-state index contributed by atoms with van der Waals surface area (Å²) in [7, 11) is 0. The van der Waals surface area contributed by atoms with Crippen molar-refractivity contribution < 1.29 is 4.79 Å². The summed E-state index contributed by atoms with van der Waals surface area (Å²) in [5.41, 5.74) is 10.6. The zero-order valence-corrected chi connectivity index (χ0v) is 19.2. The van der Waals surface area contributed by atoms with Gasteiger partial charge in [-0.3, -0.25) is 14.6 Å². The van der Waals surface area contributed by atoms with Crippen molar-refractivity contribution in [1.29, 1.82) is 5.26 Å². The Kier molecular flexibility index (Phi) is 6.98. The van der Waals surface area contributed by atoms with E-state index in [2.05, 4.69) is 15.3 Å². The van der Waals surface area contributed by atoms with Gasteiger partial charge >= 0.3 is 0 Å². The number of pyridine rings is 3. The van der Waals surface area contributed by atoms with Crippen molar-refractivity contribution in [2.75, 3.05) is 5.73 Å². The third kappa shape index (κ3) is 5.78. The lowest BCUT2D eigenvalue weighted by atomic mass is 10.1. The number of rotatable bonds is 7. The number of carbonyl (C=O) groups excluding carboxylic acids is 1. The molecule has 3 heterocycles. The van der Waals surface area contributed by atoms with Gasteiger partial charge in [0.25, 0.3) is 11.5 Å². The number of aromatic nitrogens is 3. The number of amides is 1. The molecule has 8 nitrogen and oxygen atoms in total. The smallest absolute Gasteiger partial charge is 0.251 e. The van der Waals surface area contributed by atoms with E-state index in [1.54, 1.807) is 47.3 Å². The zero-order chi connectivity index (χ0) is 24.8. The number of nitrogens with two attached hydrogens (primary N) is 1. The third-order valence-electron chi connectivity index (χ3n) is 5.64. The predicted molar refractivity (Wildman–Crippen MR) is 133 cm³/mol. The van der Waals surface area contributed by atoms with Crippen molar-refractivity contribution >= 4 is 11.7 Å². The van der Waals surface area contributed by atoms with E-state index in [1.807, 2.05) is 43.3 Å². The maximum absolute atomic E-state index is 12.8. The van der Waals surface area contributed by atoms with Crippen molar-refractivity contribution in [1.82, 2.24) is 19.9 Å². The summed E-state index contributed by atoms with van der Waals surface area (Å²) >= 11 is 0. The molecule has 8 heteroatoms. The van der Waals surface area contributed by atoms with Gasteiger partial charge in [0.05, 0.1) is 6.54 Å². The van der Waals surface area contributed by atoms with Crippen LogP contribution in [0.25, 0.3) is 0 Å². The number of benzene rings is 1. The minimum absolute atomic E-state index is 0.0393. The molecular formula is C27H24N6O2. The van der Waals surface area contributed by atoms with Crippen LogP contribution < -0.4 is 16.6 Å². The lowest BCUT2D eigenvalue weighted by Crippen LogP contribution is -2.24. The van der Waals surface area contributed by atoms with Crippen LogP contribution in [-0.4, -0.2) is 20.4 Å². The summed E-state index contributed by atoms with van der Waals surface area (Å²) in [6.45, 7) is 2.50. The van der Waals surface area contributed by atoms with Crippen molar-refractivity contribution in [3.63, 3.8) is 0 Å². The Morgan fingerprint density at radius 1 is 1.11 bits per heavy atom. The second-order valence-corrected chi connectivity index (χ2v) is 8.18. The van der Waals surface area contributed by atoms with Gasteiger partial charge in [-0.05, 0) is 47.9 Å². The Morgan fingerprint density at radius 3 is 2.63 bits per heavy atom. The summed E-state index contributed by atoms with van der Waals surface area (Å²) in [5.74, 6) is 0.00678. The monoisotopic (exact) mass is 464 g/mol. The highest BCUT2D eigenvalue weighted by molar-refractivity contribution is 5.94. The van der Waals surface area contributed by atoms with E-state index in [-0.39, 0.29) is 29.5 Å². The van der Waals surface area contributed by atoms with E-state index < -0.39 is 0 Å². The molecule has 0 aliphatic carbocycles. The summed E-state index contributed by atoms with van der Waals surface area (Å²) in [5, 5.41) is 12.2. The number of nitriles is 1. The first kappa shape index (κ1) is 23.4. The van der Waals surface area contributed by atoms with Gasteiger partial charge in [-0.2, -0.15) is 5.26 Å². The lowest BCUT2D eigenvalue weighted by molar-refractivity contribution is 0.0950. The van der Waals surface area contributed by atoms with Gasteiger partial charge in [-0.25, -0.2) is 4.98 Å². The Bertz CT molecular complexity index is 1470. The average molecular weight is 465 g/mol. The first-order valence-corrected chi connectivity index (χ1v) is 11.1. The number of hydrogen-bond acceptors (Lipinski definition) is 6. The highest BCUT2D eigenvalue weighted by Crippen LogP contribution is 2.15. The molecule has 3 N–H and O–H groups in total. The number of hydrogen-bond donors (Lipinski definition) is 2. The molecule has 3 aromatic heterocycles. The van der Waals surface area contributed by atoms with E-state index >= 15 is 0 Å². The molecule has 0 radical (unpaired) electrons. The molecule has 0 fully saturated rings. The summed E-state index contributed by atoms with van der Waals surface area (Å²) in [6, 6.07) is 20.2. The summed E-state index contributed by atoms with van der Waals surface area (Å²) in [6.07, 6.45) is 3.94.